The number of amides is 1. The Morgan fingerprint density at radius 3 is 2.11 bits per heavy atom. The van der Waals surface area contributed by atoms with Gasteiger partial charge in [0.25, 0.3) is 0 Å². The van der Waals surface area contributed by atoms with E-state index in [1.165, 1.54) is 23.1 Å². The second-order valence-electron chi connectivity index (χ2n) is 8.37. The summed E-state index contributed by atoms with van der Waals surface area (Å²) in [5.74, 6) is -3.14. The molecule has 0 saturated heterocycles. The first kappa shape index (κ1) is 27.8. The average molecular weight is 528 g/mol. The summed E-state index contributed by atoms with van der Waals surface area (Å²) in [5, 5.41) is 0. The van der Waals surface area contributed by atoms with Crippen LogP contribution in [0.15, 0.2) is 66.7 Å². The van der Waals surface area contributed by atoms with Gasteiger partial charge in [-0.15, -0.1) is 13.2 Å². The number of hydrogen-bond donors (Lipinski definition) is 1. The molecule has 2 N–H and O–H groups in total. The molecule has 0 unspecified atom stereocenters. The Morgan fingerprint density at radius 2 is 1.57 bits per heavy atom. The van der Waals surface area contributed by atoms with Crippen LogP contribution in [0.1, 0.15) is 34.7 Å². The van der Waals surface area contributed by atoms with Crippen LogP contribution in [0, 0.1) is 12.7 Å². The standard InChI is InChI=1S/C26H23F7N2O2/c1-16-4-8-18(9-5-16)23(24(34)36)35(20-12-13-21(27)22(15-20)37-26(31,32)33)14-2-3-17-6-10-19(11-7-17)25(28,29)30/h4-13,15,23H,2-3,14H2,1H3,(H2,34,36)/t23-/m1/s1. The Hall–Kier alpha value is -3.76. The van der Waals surface area contributed by atoms with Crippen LogP contribution in [0.25, 0.3) is 0 Å². The lowest BCUT2D eigenvalue weighted by Crippen LogP contribution is -2.39. The van der Waals surface area contributed by atoms with E-state index in [0.717, 1.165) is 29.8 Å². The molecule has 3 aromatic rings. The lowest BCUT2D eigenvalue weighted by molar-refractivity contribution is -0.275. The molecule has 0 aliphatic carbocycles. The number of ether oxygens (including phenoxy) is 1. The Kier molecular flexibility index (Phi) is 8.35. The van der Waals surface area contributed by atoms with Crippen LogP contribution in [0.3, 0.4) is 0 Å². The molecular formula is C26H23F7N2O2. The van der Waals surface area contributed by atoms with E-state index >= 15 is 0 Å². The van der Waals surface area contributed by atoms with Gasteiger partial charge in [-0.3, -0.25) is 4.79 Å². The first-order valence-corrected chi connectivity index (χ1v) is 11.1. The smallest absolute Gasteiger partial charge is 0.403 e. The summed E-state index contributed by atoms with van der Waals surface area (Å²) in [4.78, 5) is 14.0. The monoisotopic (exact) mass is 528 g/mol. The number of nitrogens with two attached hydrogens (primary N) is 1. The summed E-state index contributed by atoms with van der Waals surface area (Å²) in [6.07, 6.45) is -9.04. The summed E-state index contributed by atoms with van der Waals surface area (Å²) in [6, 6.07) is 13.0. The predicted molar refractivity (Wildman–Crippen MR) is 123 cm³/mol. The Morgan fingerprint density at radius 1 is 0.946 bits per heavy atom. The molecular weight excluding hydrogens is 505 g/mol. The number of primary amides is 1. The van der Waals surface area contributed by atoms with Crippen LogP contribution in [0.4, 0.5) is 36.4 Å². The van der Waals surface area contributed by atoms with Crippen LogP contribution in [-0.2, 0) is 17.4 Å². The lowest BCUT2D eigenvalue weighted by atomic mass is 10.0. The van der Waals surface area contributed by atoms with Crippen molar-refractivity contribution >= 4 is 11.6 Å². The van der Waals surface area contributed by atoms with Crippen LogP contribution < -0.4 is 15.4 Å². The summed E-state index contributed by atoms with van der Waals surface area (Å²) in [7, 11) is 0. The SMILES string of the molecule is Cc1ccc([C@H](C(N)=O)N(CCCc2ccc(C(F)(F)F)cc2)c2ccc(F)c(OC(F)(F)F)c2)cc1. The van der Waals surface area contributed by atoms with Crippen molar-refractivity contribution in [2.45, 2.75) is 38.3 Å². The molecule has 0 aliphatic heterocycles. The molecule has 0 spiro atoms. The third-order valence-corrected chi connectivity index (χ3v) is 5.59. The van der Waals surface area contributed by atoms with Gasteiger partial charge in [0.15, 0.2) is 11.6 Å². The van der Waals surface area contributed by atoms with Gasteiger partial charge >= 0.3 is 12.5 Å². The van der Waals surface area contributed by atoms with Crippen LogP contribution >= 0.6 is 0 Å². The van der Waals surface area contributed by atoms with Crippen molar-refractivity contribution in [3.8, 4) is 5.75 Å². The second kappa shape index (κ2) is 11.1. The number of benzene rings is 3. The van der Waals surface area contributed by atoms with Gasteiger partial charge in [0.2, 0.25) is 5.91 Å². The first-order chi connectivity index (χ1) is 17.2. The molecule has 0 radical (unpaired) electrons. The zero-order valence-electron chi connectivity index (χ0n) is 19.5. The summed E-state index contributed by atoms with van der Waals surface area (Å²) < 4.78 is 94.7. The van der Waals surface area contributed by atoms with E-state index in [2.05, 4.69) is 4.74 Å². The highest BCUT2D eigenvalue weighted by atomic mass is 19.4. The topological polar surface area (TPSA) is 55.6 Å². The normalized spacial score (nSPS) is 12.8. The van der Waals surface area contributed by atoms with Crippen molar-refractivity contribution in [3.05, 3.63) is 94.8 Å². The molecule has 0 aromatic heterocycles. The number of carbonyl (C=O) groups excluding carboxylic acids is 1. The van der Waals surface area contributed by atoms with Gasteiger partial charge in [0.1, 0.15) is 6.04 Å². The maximum absolute atomic E-state index is 14.1. The molecule has 11 heteroatoms. The minimum absolute atomic E-state index is 0.0393. The third kappa shape index (κ3) is 7.61. The van der Waals surface area contributed by atoms with Crippen molar-refractivity contribution in [1.29, 1.82) is 0 Å². The third-order valence-electron chi connectivity index (χ3n) is 5.59. The molecule has 0 bridgehead atoms. The van der Waals surface area contributed by atoms with E-state index in [-0.39, 0.29) is 18.7 Å². The lowest BCUT2D eigenvalue weighted by Gasteiger charge is -2.32. The van der Waals surface area contributed by atoms with Crippen molar-refractivity contribution in [2.75, 3.05) is 11.4 Å². The molecule has 1 amide bonds. The number of rotatable bonds is 9. The Bertz CT molecular complexity index is 1210. The highest BCUT2D eigenvalue weighted by Gasteiger charge is 2.34. The van der Waals surface area contributed by atoms with Crippen LogP contribution in [-0.4, -0.2) is 18.8 Å². The number of aryl methyl sites for hydroxylation is 2. The number of carbonyl (C=O) groups is 1. The van der Waals surface area contributed by atoms with E-state index in [1.54, 1.807) is 24.3 Å². The second-order valence-corrected chi connectivity index (χ2v) is 8.37. The van der Waals surface area contributed by atoms with Crippen molar-refractivity contribution in [1.82, 2.24) is 0 Å². The zero-order valence-corrected chi connectivity index (χ0v) is 19.5. The fourth-order valence-electron chi connectivity index (χ4n) is 3.84. The number of nitrogens with zero attached hydrogens (tertiary/aromatic N) is 1. The maximum Gasteiger partial charge on any atom is 0.573 e. The zero-order chi connectivity index (χ0) is 27.4. The van der Waals surface area contributed by atoms with E-state index in [4.69, 9.17) is 5.73 Å². The van der Waals surface area contributed by atoms with Gasteiger partial charge in [-0.25, -0.2) is 4.39 Å². The molecule has 0 heterocycles. The molecule has 1 atom stereocenters. The molecule has 198 valence electrons. The highest BCUT2D eigenvalue weighted by molar-refractivity contribution is 5.85. The molecule has 0 saturated carbocycles. The van der Waals surface area contributed by atoms with Gasteiger partial charge in [0, 0.05) is 18.3 Å². The van der Waals surface area contributed by atoms with Gasteiger partial charge in [-0.1, -0.05) is 42.0 Å². The largest absolute Gasteiger partial charge is 0.573 e. The molecule has 0 fully saturated rings. The fraction of sp³-hybridized carbons (Fsp3) is 0.269. The summed E-state index contributed by atoms with van der Waals surface area (Å²) in [6.45, 7) is 1.88. The van der Waals surface area contributed by atoms with E-state index < -0.39 is 41.6 Å². The minimum Gasteiger partial charge on any atom is -0.403 e. The number of alkyl halides is 6. The Labute approximate surface area is 208 Å². The molecule has 3 rings (SSSR count). The molecule has 37 heavy (non-hydrogen) atoms. The average Bonchev–Trinajstić information content (AvgIpc) is 2.80. The number of anilines is 1. The van der Waals surface area contributed by atoms with Crippen LogP contribution in [0.5, 0.6) is 5.75 Å². The van der Waals surface area contributed by atoms with E-state index in [0.29, 0.717) is 17.5 Å². The maximum atomic E-state index is 14.1. The molecule has 4 nitrogen and oxygen atoms in total. The minimum atomic E-state index is -5.15. The Balaban J connectivity index is 1.93. The molecule has 3 aromatic carbocycles. The van der Waals surface area contributed by atoms with Crippen molar-refractivity contribution in [3.63, 3.8) is 0 Å². The number of halogens is 7. The van der Waals surface area contributed by atoms with E-state index in [1.807, 2.05) is 6.92 Å². The van der Waals surface area contributed by atoms with Crippen molar-refractivity contribution < 1.29 is 40.3 Å². The van der Waals surface area contributed by atoms with Crippen LogP contribution in [0.2, 0.25) is 0 Å². The number of hydrogen-bond acceptors (Lipinski definition) is 3. The van der Waals surface area contributed by atoms with Gasteiger partial charge in [-0.2, -0.15) is 13.2 Å². The van der Waals surface area contributed by atoms with Crippen molar-refractivity contribution in [2.24, 2.45) is 5.73 Å². The highest BCUT2D eigenvalue weighted by Crippen LogP contribution is 2.34. The van der Waals surface area contributed by atoms with Gasteiger partial charge < -0.3 is 15.4 Å². The summed E-state index contributed by atoms with van der Waals surface area (Å²) >= 11 is 0. The van der Waals surface area contributed by atoms with Gasteiger partial charge in [0.05, 0.1) is 5.56 Å². The molecule has 0 aliphatic rings. The fourth-order valence-corrected chi connectivity index (χ4v) is 3.84. The summed E-state index contributed by atoms with van der Waals surface area (Å²) in [5.41, 5.74) is 6.85. The first-order valence-electron chi connectivity index (χ1n) is 11.1. The van der Waals surface area contributed by atoms with E-state index in [9.17, 15) is 35.5 Å². The quantitative estimate of drug-likeness (QED) is 0.314. The predicted octanol–water partition coefficient (Wildman–Crippen LogP) is 6.72. The van der Waals surface area contributed by atoms with Gasteiger partial charge in [-0.05, 0) is 55.2 Å².